The molecule has 0 spiro atoms. The van der Waals surface area contributed by atoms with Gasteiger partial charge in [-0.25, -0.2) is 0 Å². The summed E-state index contributed by atoms with van der Waals surface area (Å²) in [5.41, 5.74) is 3.42. The van der Waals surface area contributed by atoms with Gasteiger partial charge >= 0.3 is 5.97 Å². The fourth-order valence-electron chi connectivity index (χ4n) is 4.23. The van der Waals surface area contributed by atoms with Gasteiger partial charge in [0.2, 0.25) is 5.91 Å². The van der Waals surface area contributed by atoms with Crippen molar-refractivity contribution in [3.05, 3.63) is 60.2 Å². The number of nitrogens with one attached hydrogen (secondary N) is 1. The zero-order valence-corrected chi connectivity index (χ0v) is 17.1. The molecule has 0 unspecified atom stereocenters. The van der Waals surface area contributed by atoms with E-state index in [2.05, 4.69) is 41.7 Å². The molecule has 1 fully saturated rings. The van der Waals surface area contributed by atoms with Gasteiger partial charge in [0, 0.05) is 12.5 Å². The fourth-order valence-corrected chi connectivity index (χ4v) is 4.23. The van der Waals surface area contributed by atoms with Gasteiger partial charge in [-0.15, -0.1) is 0 Å². The van der Waals surface area contributed by atoms with Crippen LogP contribution in [0.1, 0.15) is 51.0 Å². The first kappa shape index (κ1) is 21.1. The second-order valence-corrected chi connectivity index (χ2v) is 8.36. The third kappa shape index (κ3) is 6.45. The van der Waals surface area contributed by atoms with Gasteiger partial charge in [0.15, 0.2) is 0 Å². The predicted octanol–water partition coefficient (Wildman–Crippen LogP) is 5.07. The molecule has 0 bridgehead atoms. The van der Waals surface area contributed by atoms with Gasteiger partial charge in [-0.3, -0.25) is 9.59 Å². The quantitative estimate of drug-likeness (QED) is 0.625. The molecule has 2 aromatic carbocycles. The average Bonchev–Trinajstić information content (AvgIpc) is 3.22. The lowest BCUT2D eigenvalue weighted by Gasteiger charge is -2.22. The van der Waals surface area contributed by atoms with Gasteiger partial charge in [-0.05, 0) is 48.3 Å². The summed E-state index contributed by atoms with van der Waals surface area (Å²) in [4.78, 5) is 23.9. The molecule has 0 radical (unpaired) electrons. The van der Waals surface area contributed by atoms with E-state index in [1.54, 1.807) is 6.92 Å². The van der Waals surface area contributed by atoms with Crippen molar-refractivity contribution in [3.63, 3.8) is 0 Å². The van der Waals surface area contributed by atoms with Crippen molar-refractivity contribution in [1.82, 2.24) is 5.32 Å². The number of hydrogen-bond acceptors (Lipinski definition) is 2. The van der Waals surface area contributed by atoms with Crippen LogP contribution in [-0.4, -0.2) is 23.0 Å². The van der Waals surface area contributed by atoms with Crippen LogP contribution in [0.15, 0.2) is 54.6 Å². The van der Waals surface area contributed by atoms with Gasteiger partial charge in [0.25, 0.3) is 0 Å². The van der Waals surface area contributed by atoms with E-state index in [9.17, 15) is 14.7 Å². The number of benzene rings is 2. The van der Waals surface area contributed by atoms with Crippen molar-refractivity contribution in [2.75, 3.05) is 0 Å². The summed E-state index contributed by atoms with van der Waals surface area (Å²) in [5.74, 6) is -0.770. The van der Waals surface area contributed by atoms with Crippen LogP contribution in [0.2, 0.25) is 0 Å². The van der Waals surface area contributed by atoms with E-state index in [4.69, 9.17) is 0 Å². The molecule has 0 aromatic heterocycles. The zero-order valence-electron chi connectivity index (χ0n) is 17.1. The highest BCUT2D eigenvalue weighted by Crippen LogP contribution is 2.27. The second kappa shape index (κ2) is 10.2. The van der Waals surface area contributed by atoms with Crippen LogP contribution in [0.4, 0.5) is 0 Å². The summed E-state index contributed by atoms with van der Waals surface area (Å²) in [6, 6.07) is 18.3. The third-order valence-electron chi connectivity index (χ3n) is 5.92. The molecular weight excluding hydrogens is 362 g/mol. The van der Waals surface area contributed by atoms with Crippen molar-refractivity contribution in [2.24, 2.45) is 11.8 Å². The van der Waals surface area contributed by atoms with Gasteiger partial charge in [-0.1, -0.05) is 74.4 Å². The Morgan fingerprint density at radius 3 is 2.24 bits per heavy atom. The number of carboxylic acids is 1. The Morgan fingerprint density at radius 2 is 1.62 bits per heavy atom. The molecule has 3 rings (SSSR count). The summed E-state index contributed by atoms with van der Waals surface area (Å²) < 4.78 is 0. The van der Waals surface area contributed by atoms with E-state index in [0.717, 1.165) is 24.0 Å². The predicted molar refractivity (Wildman–Crippen MR) is 116 cm³/mol. The Labute approximate surface area is 173 Å². The Balaban J connectivity index is 1.65. The molecule has 0 aliphatic heterocycles. The monoisotopic (exact) mass is 393 g/mol. The maximum atomic E-state index is 12.5. The summed E-state index contributed by atoms with van der Waals surface area (Å²) in [5, 5.41) is 12.4. The van der Waals surface area contributed by atoms with Gasteiger partial charge in [-0.2, -0.15) is 0 Å². The van der Waals surface area contributed by atoms with E-state index in [0.29, 0.717) is 25.2 Å². The molecule has 1 aliphatic carbocycles. The molecule has 1 aliphatic rings. The normalized spacial score (nSPS) is 16.3. The number of carboxylic acid groups (broad SMARTS) is 1. The maximum absolute atomic E-state index is 12.5. The molecular formula is C25H31NO3. The van der Waals surface area contributed by atoms with E-state index >= 15 is 0 Å². The Hall–Kier alpha value is -2.62. The lowest BCUT2D eigenvalue weighted by molar-refractivity contribution is -0.141. The van der Waals surface area contributed by atoms with E-state index in [1.807, 2.05) is 18.2 Å². The molecule has 2 N–H and O–H groups in total. The first-order valence-corrected chi connectivity index (χ1v) is 10.7. The van der Waals surface area contributed by atoms with E-state index in [1.165, 1.54) is 18.4 Å². The number of amides is 1. The van der Waals surface area contributed by atoms with Crippen molar-refractivity contribution < 1.29 is 14.7 Å². The standard InChI is InChI=1S/C25H31NO3/c1-18(25(28)29)15-23(26-24(27)17-19-7-5-6-8-19)16-20-11-13-22(14-12-20)21-9-3-2-4-10-21/h2-4,9-14,18-19,23H,5-8,15-17H2,1H3,(H,26,27)(H,28,29)/t18-,23+/m1/s1. The highest BCUT2D eigenvalue weighted by molar-refractivity contribution is 5.77. The first-order chi connectivity index (χ1) is 14.0. The summed E-state index contributed by atoms with van der Waals surface area (Å²) in [6.45, 7) is 1.71. The van der Waals surface area contributed by atoms with E-state index < -0.39 is 11.9 Å². The molecule has 2 aromatic rings. The number of carbonyl (C=O) groups excluding carboxylic acids is 1. The van der Waals surface area contributed by atoms with Gasteiger partial charge in [0.1, 0.15) is 0 Å². The number of aliphatic carboxylic acids is 1. The minimum absolute atomic E-state index is 0.0559. The molecule has 4 heteroatoms. The molecule has 1 saturated carbocycles. The van der Waals surface area contributed by atoms with Crippen LogP contribution in [0.5, 0.6) is 0 Å². The lowest BCUT2D eigenvalue weighted by atomic mass is 9.94. The molecule has 2 atom stereocenters. The molecule has 154 valence electrons. The van der Waals surface area contributed by atoms with Crippen LogP contribution in [0.25, 0.3) is 11.1 Å². The average molecular weight is 394 g/mol. The zero-order chi connectivity index (χ0) is 20.6. The van der Waals surface area contributed by atoms with Crippen molar-refractivity contribution >= 4 is 11.9 Å². The number of carbonyl (C=O) groups is 2. The van der Waals surface area contributed by atoms with Gasteiger partial charge in [0.05, 0.1) is 5.92 Å². The van der Waals surface area contributed by atoms with Crippen molar-refractivity contribution in [2.45, 2.75) is 57.9 Å². The largest absolute Gasteiger partial charge is 0.481 e. The van der Waals surface area contributed by atoms with Crippen LogP contribution >= 0.6 is 0 Å². The fraction of sp³-hybridized carbons (Fsp3) is 0.440. The van der Waals surface area contributed by atoms with Crippen LogP contribution < -0.4 is 5.32 Å². The van der Waals surface area contributed by atoms with Crippen LogP contribution in [-0.2, 0) is 16.0 Å². The second-order valence-electron chi connectivity index (χ2n) is 8.36. The summed E-state index contributed by atoms with van der Waals surface area (Å²) in [7, 11) is 0. The minimum atomic E-state index is -0.820. The molecule has 0 saturated heterocycles. The van der Waals surface area contributed by atoms with Crippen molar-refractivity contribution in [3.8, 4) is 11.1 Å². The number of hydrogen-bond donors (Lipinski definition) is 2. The highest BCUT2D eigenvalue weighted by atomic mass is 16.4. The van der Waals surface area contributed by atoms with E-state index in [-0.39, 0.29) is 11.9 Å². The Bertz CT molecular complexity index is 795. The number of rotatable bonds is 9. The topological polar surface area (TPSA) is 66.4 Å². The summed E-state index contributed by atoms with van der Waals surface area (Å²) in [6.07, 6.45) is 6.33. The summed E-state index contributed by atoms with van der Waals surface area (Å²) >= 11 is 0. The van der Waals surface area contributed by atoms with Crippen LogP contribution in [0.3, 0.4) is 0 Å². The van der Waals surface area contributed by atoms with Crippen molar-refractivity contribution in [1.29, 1.82) is 0 Å². The smallest absolute Gasteiger partial charge is 0.306 e. The lowest BCUT2D eigenvalue weighted by Crippen LogP contribution is -2.39. The SMILES string of the molecule is C[C@H](C[C@@H](Cc1ccc(-c2ccccc2)cc1)NC(=O)CC1CCCC1)C(=O)O. The van der Waals surface area contributed by atoms with Crippen LogP contribution in [0, 0.1) is 11.8 Å². The van der Waals surface area contributed by atoms with Gasteiger partial charge < -0.3 is 10.4 Å². The molecule has 29 heavy (non-hydrogen) atoms. The Morgan fingerprint density at radius 1 is 1.00 bits per heavy atom. The third-order valence-corrected chi connectivity index (χ3v) is 5.92. The molecule has 4 nitrogen and oxygen atoms in total. The molecule has 0 heterocycles. The molecule has 1 amide bonds. The first-order valence-electron chi connectivity index (χ1n) is 10.7. The minimum Gasteiger partial charge on any atom is -0.481 e. The maximum Gasteiger partial charge on any atom is 0.306 e. The highest BCUT2D eigenvalue weighted by Gasteiger charge is 2.23. The Kier molecular flexibility index (Phi) is 7.45.